The van der Waals surface area contributed by atoms with Crippen LogP contribution in [0.25, 0.3) is 6.08 Å². The summed E-state index contributed by atoms with van der Waals surface area (Å²) in [5.74, 6) is -0.596. The number of unbranched alkanes of at least 4 members (excludes halogenated alkanes) is 1. The third-order valence-corrected chi connectivity index (χ3v) is 3.28. The van der Waals surface area contributed by atoms with Crippen molar-refractivity contribution in [3.63, 3.8) is 0 Å². The monoisotopic (exact) mass is 333 g/mol. The maximum absolute atomic E-state index is 11.7. The van der Waals surface area contributed by atoms with Crippen LogP contribution in [0, 0.1) is 0 Å². The van der Waals surface area contributed by atoms with Gasteiger partial charge < -0.3 is 5.32 Å². The lowest BCUT2D eigenvalue weighted by atomic mass is 10.1. The van der Waals surface area contributed by atoms with Gasteiger partial charge in [-0.05, 0) is 12.0 Å². The van der Waals surface area contributed by atoms with Gasteiger partial charge in [-0.15, -0.1) is 0 Å². The fourth-order valence-electron chi connectivity index (χ4n) is 1.68. The molecule has 0 bridgehead atoms. The molecular formula is C15H18Cl3NO. The molecular weight excluding hydrogens is 317 g/mol. The number of nitrogens with one attached hydrogen (secondary N) is 1. The van der Waals surface area contributed by atoms with Crippen molar-refractivity contribution in [3.05, 3.63) is 42.0 Å². The van der Waals surface area contributed by atoms with Gasteiger partial charge in [0.05, 0.1) is 0 Å². The van der Waals surface area contributed by atoms with E-state index in [0.29, 0.717) is 0 Å². The number of hydrogen-bond acceptors (Lipinski definition) is 1. The van der Waals surface area contributed by atoms with Crippen LogP contribution in [-0.2, 0) is 4.79 Å². The molecule has 0 aliphatic heterocycles. The van der Waals surface area contributed by atoms with Gasteiger partial charge in [-0.1, -0.05) is 97.1 Å². The van der Waals surface area contributed by atoms with Gasteiger partial charge in [-0.25, -0.2) is 0 Å². The Morgan fingerprint density at radius 1 is 1.30 bits per heavy atom. The van der Waals surface area contributed by atoms with Gasteiger partial charge >= 0.3 is 0 Å². The molecule has 0 fully saturated rings. The second-order valence-electron chi connectivity index (χ2n) is 4.49. The van der Waals surface area contributed by atoms with E-state index in [4.69, 9.17) is 34.8 Å². The molecule has 1 aromatic rings. The quantitative estimate of drug-likeness (QED) is 0.748. The molecule has 1 aromatic carbocycles. The van der Waals surface area contributed by atoms with Crippen LogP contribution in [0.15, 0.2) is 36.4 Å². The van der Waals surface area contributed by atoms with E-state index in [9.17, 15) is 4.79 Å². The highest BCUT2D eigenvalue weighted by atomic mass is 35.6. The molecule has 0 aliphatic carbocycles. The molecule has 0 heterocycles. The van der Waals surface area contributed by atoms with Crippen molar-refractivity contribution in [2.45, 2.75) is 36.0 Å². The van der Waals surface area contributed by atoms with Crippen molar-refractivity contribution < 1.29 is 4.79 Å². The maximum atomic E-state index is 11.7. The van der Waals surface area contributed by atoms with Gasteiger partial charge in [-0.2, -0.15) is 0 Å². The predicted molar refractivity (Wildman–Crippen MR) is 87.2 cm³/mol. The zero-order chi connectivity index (χ0) is 15.0. The van der Waals surface area contributed by atoms with E-state index < -0.39 is 9.70 Å². The van der Waals surface area contributed by atoms with Crippen molar-refractivity contribution in [2.75, 3.05) is 0 Å². The molecule has 0 unspecified atom stereocenters. The van der Waals surface area contributed by atoms with Crippen LogP contribution in [0.1, 0.15) is 31.7 Å². The molecule has 5 heteroatoms. The number of alkyl halides is 3. The highest BCUT2D eigenvalue weighted by molar-refractivity contribution is 6.76. The van der Waals surface area contributed by atoms with Crippen molar-refractivity contribution >= 4 is 46.8 Å². The largest absolute Gasteiger partial charge is 0.346 e. The molecule has 1 rings (SSSR count). The Morgan fingerprint density at radius 3 is 2.50 bits per heavy atom. The lowest BCUT2D eigenvalue weighted by Crippen LogP contribution is -2.40. The molecule has 1 amide bonds. The topological polar surface area (TPSA) is 29.1 Å². The summed E-state index contributed by atoms with van der Waals surface area (Å²) in [4.78, 5) is 11.7. The minimum atomic E-state index is -1.93. The smallest absolute Gasteiger partial charge is 0.272 e. The third-order valence-electron chi connectivity index (χ3n) is 2.76. The first kappa shape index (κ1) is 17.4. The SMILES string of the molecule is CCCC[C@@H](/C=C/c1ccccc1)NC(=O)C(Cl)(Cl)Cl. The number of carbonyl (C=O) groups excluding carboxylic acids is 1. The first-order valence-electron chi connectivity index (χ1n) is 6.54. The molecule has 0 saturated carbocycles. The zero-order valence-corrected chi connectivity index (χ0v) is 13.6. The van der Waals surface area contributed by atoms with E-state index in [2.05, 4.69) is 12.2 Å². The van der Waals surface area contributed by atoms with Gasteiger partial charge in [0.25, 0.3) is 9.70 Å². The molecule has 2 nitrogen and oxygen atoms in total. The summed E-state index contributed by atoms with van der Waals surface area (Å²) < 4.78 is -1.93. The molecule has 0 spiro atoms. The van der Waals surface area contributed by atoms with E-state index in [1.54, 1.807) is 0 Å². The van der Waals surface area contributed by atoms with Gasteiger partial charge in [0.1, 0.15) is 0 Å². The summed E-state index contributed by atoms with van der Waals surface area (Å²) in [6.07, 6.45) is 6.73. The van der Waals surface area contributed by atoms with Gasteiger partial charge in [-0.3, -0.25) is 4.79 Å². The highest BCUT2D eigenvalue weighted by Crippen LogP contribution is 2.26. The highest BCUT2D eigenvalue weighted by Gasteiger charge is 2.31. The van der Waals surface area contributed by atoms with Gasteiger partial charge in [0, 0.05) is 6.04 Å². The Kier molecular flexibility index (Phi) is 7.42. The Bertz CT molecular complexity index is 440. The van der Waals surface area contributed by atoms with Crippen LogP contribution in [0.3, 0.4) is 0 Å². The fourth-order valence-corrected chi connectivity index (χ4v) is 1.85. The average molecular weight is 335 g/mol. The lowest BCUT2D eigenvalue weighted by molar-refractivity contribution is -0.120. The summed E-state index contributed by atoms with van der Waals surface area (Å²) >= 11 is 16.7. The summed E-state index contributed by atoms with van der Waals surface area (Å²) in [6.45, 7) is 2.09. The third kappa shape index (κ3) is 6.65. The zero-order valence-electron chi connectivity index (χ0n) is 11.3. The van der Waals surface area contributed by atoms with Crippen molar-refractivity contribution in [2.24, 2.45) is 0 Å². The summed E-state index contributed by atoms with van der Waals surface area (Å²) in [7, 11) is 0. The van der Waals surface area contributed by atoms with Crippen molar-refractivity contribution in [1.82, 2.24) is 5.32 Å². The first-order chi connectivity index (χ1) is 9.43. The molecule has 20 heavy (non-hydrogen) atoms. The molecule has 0 aliphatic rings. The second-order valence-corrected chi connectivity index (χ2v) is 6.77. The fraction of sp³-hybridized carbons (Fsp3) is 0.400. The predicted octanol–water partition coefficient (Wildman–Crippen LogP) is 4.75. The second kappa shape index (κ2) is 8.56. The summed E-state index contributed by atoms with van der Waals surface area (Å²) in [5.41, 5.74) is 1.07. The Balaban J connectivity index is 2.69. The molecule has 1 atom stereocenters. The normalized spacial score (nSPS) is 13.4. The number of halogens is 3. The van der Waals surface area contributed by atoms with Crippen LogP contribution in [0.2, 0.25) is 0 Å². The van der Waals surface area contributed by atoms with E-state index >= 15 is 0 Å². The maximum Gasteiger partial charge on any atom is 0.272 e. The minimum Gasteiger partial charge on any atom is -0.346 e. The van der Waals surface area contributed by atoms with Crippen LogP contribution in [0.4, 0.5) is 0 Å². The Morgan fingerprint density at radius 2 is 1.95 bits per heavy atom. The number of benzene rings is 1. The lowest BCUT2D eigenvalue weighted by Gasteiger charge is -2.18. The van der Waals surface area contributed by atoms with E-state index in [-0.39, 0.29) is 6.04 Å². The van der Waals surface area contributed by atoms with Crippen molar-refractivity contribution in [3.8, 4) is 0 Å². The van der Waals surface area contributed by atoms with Crippen molar-refractivity contribution in [1.29, 1.82) is 0 Å². The van der Waals surface area contributed by atoms with E-state index in [1.807, 2.05) is 42.5 Å². The Hall–Kier alpha value is -0.700. The summed E-state index contributed by atoms with van der Waals surface area (Å²) in [6, 6.07) is 9.71. The number of carbonyl (C=O) groups is 1. The first-order valence-corrected chi connectivity index (χ1v) is 7.68. The number of hydrogen-bond donors (Lipinski definition) is 1. The van der Waals surface area contributed by atoms with Gasteiger partial charge in [0.2, 0.25) is 0 Å². The molecule has 1 N–H and O–H groups in total. The number of amides is 1. The summed E-state index contributed by atoms with van der Waals surface area (Å²) in [5, 5.41) is 2.74. The Labute approximate surface area is 135 Å². The van der Waals surface area contributed by atoms with E-state index in [0.717, 1.165) is 24.8 Å². The average Bonchev–Trinajstić information content (AvgIpc) is 2.41. The molecule has 110 valence electrons. The van der Waals surface area contributed by atoms with E-state index in [1.165, 1.54) is 0 Å². The standard InChI is InChI=1S/C15H18Cl3NO/c1-2-3-9-13(19-14(20)15(16,17)18)11-10-12-7-5-4-6-8-12/h4-8,10-11,13H,2-3,9H2,1H3,(H,19,20)/b11-10+/t13-/m0/s1. The molecule has 0 saturated heterocycles. The molecule has 0 radical (unpaired) electrons. The molecule has 0 aromatic heterocycles. The van der Waals surface area contributed by atoms with Crippen LogP contribution >= 0.6 is 34.8 Å². The van der Waals surface area contributed by atoms with Crippen LogP contribution in [0.5, 0.6) is 0 Å². The van der Waals surface area contributed by atoms with Crippen LogP contribution in [-0.4, -0.2) is 15.7 Å². The van der Waals surface area contributed by atoms with Crippen LogP contribution < -0.4 is 5.32 Å². The van der Waals surface area contributed by atoms with Gasteiger partial charge in [0.15, 0.2) is 0 Å². The number of rotatable bonds is 6. The minimum absolute atomic E-state index is 0.140.